The zero-order valence-corrected chi connectivity index (χ0v) is 14.4. The molecule has 0 unspecified atom stereocenters. The molecule has 0 aliphatic rings. The molecule has 1 N–H and O–H groups in total. The highest BCUT2D eigenvalue weighted by atomic mass is 16.6. The Labute approximate surface area is 151 Å². The van der Waals surface area contributed by atoms with Crippen LogP contribution in [-0.4, -0.2) is 23.4 Å². The molecule has 0 fully saturated rings. The van der Waals surface area contributed by atoms with Crippen LogP contribution in [0.3, 0.4) is 0 Å². The highest BCUT2D eigenvalue weighted by Crippen LogP contribution is 2.18. The molecular formula is C19H20N2O5. The lowest BCUT2D eigenvalue weighted by molar-refractivity contribution is -0.384. The van der Waals surface area contributed by atoms with Crippen LogP contribution in [0.25, 0.3) is 0 Å². The number of hydrogen-bond acceptors (Lipinski definition) is 5. The van der Waals surface area contributed by atoms with E-state index >= 15 is 0 Å². The fraction of sp³-hybridized carbons (Fsp3) is 0.263. The highest BCUT2D eigenvalue weighted by Gasteiger charge is 2.16. The maximum atomic E-state index is 12.1. The van der Waals surface area contributed by atoms with Gasteiger partial charge in [0, 0.05) is 12.1 Å². The van der Waals surface area contributed by atoms with Crippen molar-refractivity contribution in [1.82, 2.24) is 5.32 Å². The molecule has 0 aliphatic carbocycles. The van der Waals surface area contributed by atoms with Crippen molar-refractivity contribution in [1.29, 1.82) is 0 Å². The first-order valence-electron chi connectivity index (χ1n) is 8.27. The predicted octanol–water partition coefficient (Wildman–Crippen LogP) is 3.41. The molecule has 2 rings (SSSR count). The zero-order valence-electron chi connectivity index (χ0n) is 14.4. The minimum Gasteiger partial charge on any atom is -0.452 e. The summed E-state index contributed by atoms with van der Waals surface area (Å²) in [7, 11) is 0. The molecule has 0 bridgehead atoms. The normalized spacial score (nSPS) is 11.4. The summed E-state index contributed by atoms with van der Waals surface area (Å²) in [5.41, 5.74) is 1.02. The second-order valence-corrected chi connectivity index (χ2v) is 5.70. The van der Waals surface area contributed by atoms with E-state index in [4.69, 9.17) is 4.74 Å². The van der Waals surface area contributed by atoms with Gasteiger partial charge in [-0.25, -0.2) is 4.79 Å². The Morgan fingerprint density at radius 1 is 1.12 bits per heavy atom. The van der Waals surface area contributed by atoms with Crippen LogP contribution in [0, 0.1) is 10.1 Å². The Hall–Kier alpha value is -3.22. The number of rotatable bonds is 8. The first kappa shape index (κ1) is 19.1. The molecule has 0 aliphatic heterocycles. The summed E-state index contributed by atoms with van der Waals surface area (Å²) < 4.78 is 4.98. The topological polar surface area (TPSA) is 98.5 Å². The molecule has 0 spiro atoms. The largest absolute Gasteiger partial charge is 0.452 e. The number of esters is 1. The Kier molecular flexibility index (Phi) is 6.84. The van der Waals surface area contributed by atoms with Crippen LogP contribution in [0.1, 0.15) is 41.7 Å². The van der Waals surface area contributed by atoms with Crippen molar-refractivity contribution in [3.8, 4) is 0 Å². The monoisotopic (exact) mass is 356 g/mol. The lowest BCUT2D eigenvalue weighted by Gasteiger charge is -2.18. The van der Waals surface area contributed by atoms with E-state index in [0.29, 0.717) is 0 Å². The number of nitro benzene ring substituents is 1. The number of amides is 1. The van der Waals surface area contributed by atoms with Gasteiger partial charge in [-0.2, -0.15) is 0 Å². The third-order valence-corrected chi connectivity index (χ3v) is 3.76. The number of benzene rings is 2. The molecule has 136 valence electrons. The van der Waals surface area contributed by atoms with Crippen molar-refractivity contribution in [3.05, 3.63) is 75.8 Å². The summed E-state index contributed by atoms with van der Waals surface area (Å²) in [5, 5.41) is 13.5. The van der Waals surface area contributed by atoms with E-state index in [0.717, 1.165) is 18.4 Å². The summed E-state index contributed by atoms with van der Waals surface area (Å²) >= 11 is 0. The summed E-state index contributed by atoms with van der Waals surface area (Å²) in [4.78, 5) is 34.1. The van der Waals surface area contributed by atoms with Crippen LogP contribution in [0.15, 0.2) is 54.6 Å². The van der Waals surface area contributed by atoms with E-state index in [1.165, 1.54) is 24.3 Å². The number of carbonyl (C=O) groups is 2. The summed E-state index contributed by atoms with van der Waals surface area (Å²) in [6.45, 7) is 1.61. The highest BCUT2D eigenvalue weighted by molar-refractivity contribution is 5.91. The Morgan fingerprint density at radius 3 is 2.35 bits per heavy atom. The van der Waals surface area contributed by atoms with Gasteiger partial charge in [-0.05, 0) is 24.1 Å². The van der Waals surface area contributed by atoms with Crippen LogP contribution in [0.5, 0.6) is 0 Å². The summed E-state index contributed by atoms with van der Waals surface area (Å²) in [6.07, 6.45) is 1.66. The van der Waals surface area contributed by atoms with Crippen LogP contribution in [-0.2, 0) is 9.53 Å². The number of carbonyl (C=O) groups excluding carboxylic acids is 2. The van der Waals surface area contributed by atoms with Gasteiger partial charge in [-0.3, -0.25) is 14.9 Å². The van der Waals surface area contributed by atoms with E-state index in [1.807, 2.05) is 37.3 Å². The van der Waals surface area contributed by atoms with Gasteiger partial charge >= 0.3 is 5.97 Å². The smallest absolute Gasteiger partial charge is 0.338 e. The predicted molar refractivity (Wildman–Crippen MR) is 95.6 cm³/mol. The van der Waals surface area contributed by atoms with E-state index in [1.54, 1.807) is 0 Å². The minimum absolute atomic E-state index is 0.121. The second kappa shape index (κ2) is 9.31. The second-order valence-electron chi connectivity index (χ2n) is 5.70. The maximum absolute atomic E-state index is 12.1. The molecule has 0 heterocycles. The molecule has 1 amide bonds. The lowest BCUT2D eigenvalue weighted by Crippen LogP contribution is -2.32. The van der Waals surface area contributed by atoms with Crippen LogP contribution in [0.2, 0.25) is 0 Å². The van der Waals surface area contributed by atoms with Gasteiger partial charge < -0.3 is 10.1 Å². The summed E-state index contributed by atoms with van der Waals surface area (Å²) in [5.74, 6) is -1.11. The molecular weight excluding hydrogens is 336 g/mol. The third kappa shape index (κ3) is 5.41. The zero-order chi connectivity index (χ0) is 18.9. The number of nitrogens with one attached hydrogen (secondary N) is 1. The van der Waals surface area contributed by atoms with Crippen molar-refractivity contribution < 1.29 is 19.2 Å². The Bertz CT molecular complexity index is 759. The van der Waals surface area contributed by atoms with Gasteiger partial charge in [-0.1, -0.05) is 43.7 Å². The van der Waals surface area contributed by atoms with E-state index in [9.17, 15) is 19.7 Å². The van der Waals surface area contributed by atoms with Gasteiger partial charge in [0.1, 0.15) is 0 Å². The molecule has 0 saturated heterocycles. The van der Waals surface area contributed by atoms with Crippen molar-refractivity contribution in [2.24, 2.45) is 0 Å². The first-order valence-corrected chi connectivity index (χ1v) is 8.27. The number of nitro groups is 1. The van der Waals surface area contributed by atoms with Crippen LogP contribution < -0.4 is 5.32 Å². The first-order chi connectivity index (χ1) is 12.5. The minimum atomic E-state index is -0.707. The molecule has 0 aromatic heterocycles. The molecule has 2 aromatic carbocycles. The fourth-order valence-electron chi connectivity index (χ4n) is 2.47. The van der Waals surface area contributed by atoms with Crippen molar-refractivity contribution in [2.75, 3.05) is 6.61 Å². The average molecular weight is 356 g/mol. The van der Waals surface area contributed by atoms with Gasteiger partial charge in [0.25, 0.3) is 11.6 Å². The molecule has 26 heavy (non-hydrogen) atoms. The quantitative estimate of drug-likeness (QED) is 0.444. The average Bonchev–Trinajstić information content (AvgIpc) is 2.66. The van der Waals surface area contributed by atoms with Gasteiger partial charge in [0.15, 0.2) is 6.61 Å². The standard InChI is InChI=1S/C19H20N2O5/c1-2-6-17(14-7-4-3-5-8-14)20-18(22)13-26-19(23)15-9-11-16(12-10-15)21(24)25/h3-5,7-12,17H,2,6,13H2,1H3,(H,20,22)/t17-/m0/s1. The van der Waals surface area contributed by atoms with E-state index in [-0.39, 0.29) is 17.3 Å². The molecule has 0 radical (unpaired) electrons. The molecule has 0 saturated carbocycles. The van der Waals surface area contributed by atoms with E-state index in [2.05, 4.69) is 5.32 Å². The van der Waals surface area contributed by atoms with Crippen molar-refractivity contribution in [3.63, 3.8) is 0 Å². The SMILES string of the molecule is CCC[C@H](NC(=O)COC(=O)c1ccc([N+](=O)[O-])cc1)c1ccccc1. The number of nitrogens with zero attached hydrogens (tertiary/aromatic N) is 1. The number of non-ortho nitro benzene ring substituents is 1. The Balaban J connectivity index is 1.90. The fourth-order valence-corrected chi connectivity index (χ4v) is 2.47. The van der Waals surface area contributed by atoms with Gasteiger partial charge in [0.05, 0.1) is 16.5 Å². The number of hydrogen-bond donors (Lipinski definition) is 1. The van der Waals surface area contributed by atoms with Crippen molar-refractivity contribution >= 4 is 17.6 Å². The van der Waals surface area contributed by atoms with Gasteiger partial charge in [0.2, 0.25) is 0 Å². The van der Waals surface area contributed by atoms with Gasteiger partial charge in [-0.15, -0.1) is 0 Å². The van der Waals surface area contributed by atoms with Crippen LogP contribution in [0.4, 0.5) is 5.69 Å². The molecule has 1 atom stereocenters. The van der Waals surface area contributed by atoms with Crippen LogP contribution >= 0.6 is 0 Å². The van der Waals surface area contributed by atoms with E-state index < -0.39 is 23.4 Å². The van der Waals surface area contributed by atoms with Crippen molar-refractivity contribution in [2.45, 2.75) is 25.8 Å². The Morgan fingerprint density at radius 2 is 1.77 bits per heavy atom. The maximum Gasteiger partial charge on any atom is 0.338 e. The molecule has 7 heteroatoms. The number of ether oxygens (including phenoxy) is 1. The summed E-state index contributed by atoms with van der Waals surface area (Å²) in [6, 6.07) is 14.4. The molecule has 7 nitrogen and oxygen atoms in total. The third-order valence-electron chi connectivity index (χ3n) is 3.76. The lowest BCUT2D eigenvalue weighted by atomic mass is 10.0. The molecule has 2 aromatic rings.